The molecule has 0 amide bonds. The first-order valence-electron chi connectivity index (χ1n) is 6.09. The van der Waals surface area contributed by atoms with Crippen LogP contribution in [0.2, 0.25) is 0 Å². The molecule has 26 heavy (non-hydrogen) atoms. The van der Waals surface area contributed by atoms with E-state index in [2.05, 4.69) is 4.74 Å². The van der Waals surface area contributed by atoms with Gasteiger partial charge in [-0.25, -0.2) is 13.6 Å². The first-order chi connectivity index (χ1) is 11.9. The predicted octanol–water partition coefficient (Wildman–Crippen LogP) is 3.62. The third kappa shape index (κ3) is 3.89. The molecule has 0 fully saturated rings. The van der Waals surface area contributed by atoms with Crippen molar-refractivity contribution >= 4 is 61.3 Å². The summed E-state index contributed by atoms with van der Waals surface area (Å²) < 4.78 is 90.2. The largest absolute Gasteiger partial charge is 0.508 e. The van der Waals surface area contributed by atoms with Crippen molar-refractivity contribution in [3.63, 3.8) is 0 Å². The Hall–Kier alpha value is -1.20. The molecule has 2 aromatic rings. The van der Waals surface area contributed by atoms with Crippen molar-refractivity contribution in [1.29, 1.82) is 0 Å². The number of ether oxygens (including phenoxy) is 1. The van der Waals surface area contributed by atoms with E-state index in [0.29, 0.717) is 0 Å². The first-order valence-corrected chi connectivity index (χ1v) is 9.69. The van der Waals surface area contributed by atoms with Gasteiger partial charge in [0.25, 0.3) is 0 Å². The highest BCUT2D eigenvalue weighted by molar-refractivity contribution is 14.1. The Morgan fingerprint density at radius 2 is 1.38 bits per heavy atom. The third-order valence-electron chi connectivity index (χ3n) is 2.87. The van der Waals surface area contributed by atoms with Gasteiger partial charge in [0.05, 0.1) is 5.56 Å². The van der Waals surface area contributed by atoms with Gasteiger partial charge in [0, 0.05) is 7.14 Å². The van der Waals surface area contributed by atoms with Gasteiger partial charge in [-0.3, -0.25) is 4.55 Å². The molecule has 0 spiro atoms. The second-order valence-corrected chi connectivity index (χ2v) is 8.25. The van der Waals surface area contributed by atoms with Crippen molar-refractivity contribution in [3.8, 4) is 11.5 Å². The Morgan fingerprint density at radius 1 is 0.962 bits per heavy atom. The normalized spacial score (nSPS) is 11.5. The summed E-state index contributed by atoms with van der Waals surface area (Å²) in [6.45, 7) is 0. The van der Waals surface area contributed by atoms with Crippen molar-refractivity contribution in [2.75, 3.05) is 0 Å². The van der Waals surface area contributed by atoms with E-state index in [9.17, 15) is 35.9 Å². The fourth-order valence-electron chi connectivity index (χ4n) is 1.81. The molecule has 0 bridgehead atoms. The van der Waals surface area contributed by atoms with Gasteiger partial charge in [0.15, 0.2) is 16.5 Å². The molecule has 0 aromatic heterocycles. The molecule has 140 valence electrons. The molecule has 0 saturated heterocycles. The third-order valence-corrected chi connectivity index (χ3v) is 5.44. The monoisotopic (exact) mass is 618 g/mol. The van der Waals surface area contributed by atoms with Gasteiger partial charge >= 0.3 is 16.1 Å². The number of carbonyl (C=O) groups is 1. The maximum Gasteiger partial charge on any atom is 0.345 e. The minimum atomic E-state index is -5.63. The highest BCUT2D eigenvalue weighted by atomic mass is 127. The lowest BCUT2D eigenvalue weighted by Gasteiger charge is -2.12. The molecule has 0 aliphatic heterocycles. The molecule has 0 aliphatic rings. The summed E-state index contributed by atoms with van der Waals surface area (Å²) in [5.41, 5.74) is -0.262. The average molecular weight is 618 g/mol. The smallest absolute Gasteiger partial charge is 0.345 e. The summed E-state index contributed by atoms with van der Waals surface area (Å²) in [6.07, 6.45) is 0. The number of hydrogen-bond acceptors (Lipinski definition) is 5. The summed E-state index contributed by atoms with van der Waals surface area (Å²) >= 11 is 3.20. The maximum atomic E-state index is 13.9. The average Bonchev–Trinajstić information content (AvgIpc) is 2.47. The van der Waals surface area contributed by atoms with E-state index in [1.807, 2.05) is 0 Å². The summed E-state index contributed by atoms with van der Waals surface area (Å²) in [5, 5.41) is 9.40. The van der Waals surface area contributed by atoms with Crippen LogP contribution >= 0.6 is 45.2 Å². The lowest BCUT2D eigenvalue weighted by atomic mass is 10.2. The molecule has 0 unspecified atom stereocenters. The van der Waals surface area contributed by atoms with E-state index in [0.717, 1.165) is 12.1 Å². The van der Waals surface area contributed by atoms with E-state index in [4.69, 9.17) is 4.55 Å². The lowest BCUT2D eigenvalue weighted by molar-refractivity contribution is 0.0714. The molecular weight excluding hydrogens is 614 g/mol. The predicted molar refractivity (Wildman–Crippen MR) is 94.6 cm³/mol. The number of phenols is 1. The zero-order valence-corrected chi connectivity index (χ0v) is 17.0. The molecule has 0 heterocycles. The number of carbonyl (C=O) groups excluding carboxylic acids is 1. The Labute approximate surface area is 170 Å². The maximum absolute atomic E-state index is 13.9. The molecule has 2 aromatic carbocycles. The van der Waals surface area contributed by atoms with Crippen LogP contribution in [0.25, 0.3) is 0 Å². The van der Waals surface area contributed by atoms with E-state index < -0.39 is 50.0 Å². The van der Waals surface area contributed by atoms with Crippen LogP contribution in [-0.2, 0) is 10.1 Å². The van der Waals surface area contributed by atoms with Crippen LogP contribution in [0, 0.1) is 30.4 Å². The zero-order valence-electron chi connectivity index (χ0n) is 11.9. The number of halogens is 6. The van der Waals surface area contributed by atoms with Crippen LogP contribution < -0.4 is 4.74 Å². The molecule has 13 heteroatoms. The molecule has 6 nitrogen and oxygen atoms in total. The Kier molecular flexibility index (Phi) is 6.03. The number of rotatable bonds is 3. The van der Waals surface area contributed by atoms with Crippen LogP contribution in [0.15, 0.2) is 17.0 Å². The lowest BCUT2D eigenvalue weighted by Crippen LogP contribution is -2.17. The van der Waals surface area contributed by atoms with Gasteiger partial charge in [-0.2, -0.15) is 17.2 Å². The van der Waals surface area contributed by atoms with Gasteiger partial charge in [0.1, 0.15) is 5.75 Å². The summed E-state index contributed by atoms with van der Waals surface area (Å²) in [5.74, 6) is -13.0. The highest BCUT2D eigenvalue weighted by Gasteiger charge is 2.34. The second kappa shape index (κ2) is 7.43. The van der Waals surface area contributed by atoms with Gasteiger partial charge in [-0.05, 0) is 57.3 Å². The number of hydrogen-bond donors (Lipinski definition) is 2. The second-order valence-electron chi connectivity index (χ2n) is 4.56. The van der Waals surface area contributed by atoms with E-state index in [-0.39, 0.29) is 18.5 Å². The van der Waals surface area contributed by atoms with E-state index in [1.54, 1.807) is 45.2 Å². The molecule has 0 atom stereocenters. The van der Waals surface area contributed by atoms with Crippen LogP contribution in [-0.4, -0.2) is 24.0 Å². The molecule has 0 aliphatic carbocycles. The number of phenolic OH excluding ortho intramolecular Hbond substituents is 1. The van der Waals surface area contributed by atoms with Gasteiger partial charge in [0.2, 0.25) is 17.4 Å². The topological polar surface area (TPSA) is 101 Å². The fraction of sp³-hybridized carbons (Fsp3) is 0. The number of aromatic hydroxyl groups is 1. The van der Waals surface area contributed by atoms with E-state index in [1.165, 1.54) is 0 Å². The Morgan fingerprint density at radius 3 is 1.77 bits per heavy atom. The summed E-state index contributed by atoms with van der Waals surface area (Å²) in [6, 6.07) is 2.24. The first kappa shape index (κ1) is 21.1. The molecule has 0 saturated carbocycles. The fourth-order valence-corrected chi connectivity index (χ4v) is 4.61. The van der Waals surface area contributed by atoms with Crippen LogP contribution in [0.1, 0.15) is 10.4 Å². The minimum absolute atomic E-state index is 0.105. The van der Waals surface area contributed by atoms with Crippen LogP contribution in [0.3, 0.4) is 0 Å². The Balaban J connectivity index is 2.60. The summed E-state index contributed by atoms with van der Waals surface area (Å²) in [7, 11) is -5.63. The van der Waals surface area contributed by atoms with Crippen molar-refractivity contribution < 1.29 is 45.2 Å². The zero-order chi connectivity index (χ0) is 20.0. The van der Waals surface area contributed by atoms with Crippen molar-refractivity contribution in [2.45, 2.75) is 4.90 Å². The molecule has 2 rings (SSSR count). The van der Waals surface area contributed by atoms with Crippen molar-refractivity contribution in [2.24, 2.45) is 0 Å². The van der Waals surface area contributed by atoms with Crippen LogP contribution in [0.4, 0.5) is 17.6 Å². The minimum Gasteiger partial charge on any atom is -0.508 e. The van der Waals surface area contributed by atoms with Crippen molar-refractivity contribution in [1.82, 2.24) is 0 Å². The SMILES string of the molecule is O=C(Oc1c(F)c(F)c(S(=O)(=O)O)c(F)c1F)c1c(I)cc(O)cc1I. The highest BCUT2D eigenvalue weighted by Crippen LogP contribution is 2.34. The molecule has 2 N–H and O–H groups in total. The number of esters is 1. The quantitative estimate of drug-likeness (QED) is 0.136. The van der Waals surface area contributed by atoms with Gasteiger partial charge in [-0.15, -0.1) is 0 Å². The number of benzene rings is 2. The Bertz CT molecular complexity index is 989. The summed E-state index contributed by atoms with van der Waals surface area (Å²) in [4.78, 5) is 9.87. The molecule has 0 radical (unpaired) electrons. The van der Waals surface area contributed by atoms with E-state index >= 15 is 0 Å². The standard InChI is InChI=1S/C13H4F4I2O6S/c14-7-9(16)12(26(22,23)24)10(17)8(15)11(7)25-13(21)6-4(18)1-3(20)2-5(6)19/h1-2,20H,(H,22,23,24). The van der Waals surface area contributed by atoms with Crippen LogP contribution in [0.5, 0.6) is 11.5 Å². The van der Waals surface area contributed by atoms with Gasteiger partial charge in [-0.1, -0.05) is 0 Å². The van der Waals surface area contributed by atoms with Gasteiger partial charge < -0.3 is 9.84 Å². The van der Waals surface area contributed by atoms with Crippen molar-refractivity contribution in [3.05, 3.63) is 48.1 Å². The molecular formula is C13H4F4I2O6S.